The van der Waals surface area contributed by atoms with Gasteiger partial charge in [-0.2, -0.15) is 0 Å². The largest absolute Gasteiger partial charge is 0.384 e. The van der Waals surface area contributed by atoms with Gasteiger partial charge in [-0.05, 0) is 53.9 Å². The summed E-state index contributed by atoms with van der Waals surface area (Å²) in [5.74, 6) is 0. The zero-order chi connectivity index (χ0) is 11.1. The van der Waals surface area contributed by atoms with Gasteiger partial charge in [0.1, 0.15) is 0 Å². The third kappa shape index (κ3) is 4.84. The second-order valence-corrected chi connectivity index (χ2v) is 4.71. The van der Waals surface area contributed by atoms with Gasteiger partial charge in [-0.25, -0.2) is 0 Å². The molecule has 0 atom stereocenters. The fourth-order valence-corrected chi connectivity index (χ4v) is 2.04. The van der Waals surface area contributed by atoms with Crippen molar-refractivity contribution < 1.29 is 0 Å². The zero-order valence-electron chi connectivity index (χ0n) is 9.46. The highest BCUT2D eigenvalue weighted by atomic mass is 127. The number of hydrogen-bond acceptors (Lipinski definition) is 2. The van der Waals surface area contributed by atoms with E-state index in [9.17, 15) is 0 Å². The van der Waals surface area contributed by atoms with E-state index >= 15 is 0 Å². The van der Waals surface area contributed by atoms with Crippen molar-refractivity contribution in [2.45, 2.75) is 13.8 Å². The standard InChI is InChI=1S/C12H19IN2/c1-3-15(4-2)9-8-14-12-7-5-6-11(13)10-12/h5-7,10,14H,3-4,8-9H2,1-2H3. The van der Waals surface area contributed by atoms with Crippen molar-refractivity contribution in [2.75, 3.05) is 31.5 Å². The molecular weight excluding hydrogens is 299 g/mol. The van der Waals surface area contributed by atoms with E-state index < -0.39 is 0 Å². The smallest absolute Gasteiger partial charge is 0.0351 e. The van der Waals surface area contributed by atoms with Gasteiger partial charge in [-0.1, -0.05) is 19.9 Å². The maximum absolute atomic E-state index is 3.44. The Balaban J connectivity index is 2.31. The lowest BCUT2D eigenvalue weighted by Crippen LogP contribution is -2.28. The van der Waals surface area contributed by atoms with Crippen LogP contribution < -0.4 is 5.32 Å². The van der Waals surface area contributed by atoms with Crippen LogP contribution in [0.3, 0.4) is 0 Å². The highest BCUT2D eigenvalue weighted by molar-refractivity contribution is 14.1. The lowest BCUT2D eigenvalue weighted by molar-refractivity contribution is 0.316. The summed E-state index contributed by atoms with van der Waals surface area (Å²) in [5.41, 5.74) is 1.22. The van der Waals surface area contributed by atoms with Gasteiger partial charge in [0.25, 0.3) is 0 Å². The van der Waals surface area contributed by atoms with Gasteiger partial charge < -0.3 is 10.2 Å². The molecule has 0 saturated heterocycles. The first-order chi connectivity index (χ1) is 7.26. The second kappa shape index (κ2) is 7.06. The Morgan fingerprint density at radius 1 is 1.27 bits per heavy atom. The number of hydrogen-bond donors (Lipinski definition) is 1. The first kappa shape index (κ1) is 12.8. The summed E-state index contributed by atoms with van der Waals surface area (Å²) in [6.45, 7) is 8.79. The van der Waals surface area contributed by atoms with Crippen LogP contribution in [0.25, 0.3) is 0 Å². The molecule has 1 N–H and O–H groups in total. The average Bonchev–Trinajstić information content (AvgIpc) is 2.25. The average molecular weight is 318 g/mol. The van der Waals surface area contributed by atoms with Crippen LogP contribution in [0, 0.1) is 3.57 Å². The molecule has 1 aromatic carbocycles. The first-order valence-electron chi connectivity index (χ1n) is 5.48. The first-order valence-corrected chi connectivity index (χ1v) is 6.56. The fraction of sp³-hybridized carbons (Fsp3) is 0.500. The van der Waals surface area contributed by atoms with E-state index in [1.807, 2.05) is 0 Å². The molecule has 84 valence electrons. The molecule has 0 aromatic heterocycles. The number of nitrogens with zero attached hydrogens (tertiary/aromatic N) is 1. The summed E-state index contributed by atoms with van der Waals surface area (Å²) in [6, 6.07) is 8.48. The molecule has 2 nitrogen and oxygen atoms in total. The quantitative estimate of drug-likeness (QED) is 0.811. The van der Waals surface area contributed by atoms with Gasteiger partial charge in [-0.15, -0.1) is 0 Å². The SMILES string of the molecule is CCN(CC)CCNc1cccc(I)c1. The number of likely N-dealkylation sites (N-methyl/N-ethyl adjacent to an activating group) is 1. The lowest BCUT2D eigenvalue weighted by Gasteiger charge is -2.18. The van der Waals surface area contributed by atoms with Crippen molar-refractivity contribution in [3.63, 3.8) is 0 Å². The minimum Gasteiger partial charge on any atom is -0.384 e. The summed E-state index contributed by atoms with van der Waals surface area (Å²) in [4.78, 5) is 2.42. The Morgan fingerprint density at radius 2 is 2.00 bits per heavy atom. The molecule has 1 rings (SSSR count). The van der Waals surface area contributed by atoms with Crippen LogP contribution in [-0.4, -0.2) is 31.1 Å². The maximum atomic E-state index is 3.44. The summed E-state index contributed by atoms with van der Waals surface area (Å²) < 4.78 is 1.28. The second-order valence-electron chi connectivity index (χ2n) is 3.46. The van der Waals surface area contributed by atoms with E-state index in [-0.39, 0.29) is 0 Å². The monoisotopic (exact) mass is 318 g/mol. The van der Waals surface area contributed by atoms with Crippen LogP contribution in [0.15, 0.2) is 24.3 Å². The Bertz CT molecular complexity index is 285. The Hall–Kier alpha value is -0.290. The van der Waals surface area contributed by atoms with Crippen molar-refractivity contribution in [1.82, 2.24) is 4.90 Å². The lowest BCUT2D eigenvalue weighted by atomic mass is 10.3. The van der Waals surface area contributed by atoms with Crippen LogP contribution in [0.1, 0.15) is 13.8 Å². The van der Waals surface area contributed by atoms with Crippen LogP contribution in [0.4, 0.5) is 5.69 Å². The maximum Gasteiger partial charge on any atom is 0.0351 e. The van der Waals surface area contributed by atoms with Gasteiger partial charge >= 0.3 is 0 Å². The minimum absolute atomic E-state index is 1.02. The Morgan fingerprint density at radius 3 is 2.60 bits per heavy atom. The molecule has 0 bridgehead atoms. The highest BCUT2D eigenvalue weighted by Crippen LogP contribution is 2.11. The molecule has 3 heteroatoms. The van der Waals surface area contributed by atoms with Crippen molar-refractivity contribution in [1.29, 1.82) is 0 Å². The topological polar surface area (TPSA) is 15.3 Å². The van der Waals surface area contributed by atoms with E-state index in [4.69, 9.17) is 0 Å². The predicted molar refractivity (Wildman–Crippen MR) is 75.4 cm³/mol. The third-order valence-electron chi connectivity index (χ3n) is 2.48. The molecular formula is C12H19IN2. The van der Waals surface area contributed by atoms with Crippen LogP contribution >= 0.6 is 22.6 Å². The number of rotatable bonds is 6. The van der Waals surface area contributed by atoms with Gasteiger partial charge in [-0.3, -0.25) is 0 Å². The molecule has 0 radical (unpaired) electrons. The summed E-state index contributed by atoms with van der Waals surface area (Å²) in [7, 11) is 0. The third-order valence-corrected chi connectivity index (χ3v) is 3.15. The Labute approximate surface area is 106 Å². The van der Waals surface area contributed by atoms with E-state index in [1.54, 1.807) is 0 Å². The molecule has 1 aromatic rings. The van der Waals surface area contributed by atoms with Crippen LogP contribution in [-0.2, 0) is 0 Å². The molecule has 0 amide bonds. The van der Waals surface area contributed by atoms with Crippen molar-refractivity contribution >= 4 is 28.3 Å². The van der Waals surface area contributed by atoms with E-state index in [0.29, 0.717) is 0 Å². The molecule has 0 aliphatic carbocycles. The summed E-state index contributed by atoms with van der Waals surface area (Å²) in [6.07, 6.45) is 0. The molecule has 0 unspecified atom stereocenters. The van der Waals surface area contributed by atoms with Gasteiger partial charge in [0.2, 0.25) is 0 Å². The number of benzene rings is 1. The van der Waals surface area contributed by atoms with Crippen molar-refractivity contribution in [3.05, 3.63) is 27.8 Å². The summed E-state index contributed by atoms with van der Waals surface area (Å²) in [5, 5.41) is 3.44. The van der Waals surface area contributed by atoms with Crippen LogP contribution in [0.2, 0.25) is 0 Å². The number of anilines is 1. The molecule has 0 fully saturated rings. The van der Waals surface area contributed by atoms with Crippen molar-refractivity contribution in [3.8, 4) is 0 Å². The predicted octanol–water partition coefficient (Wildman–Crippen LogP) is 3.04. The number of halogens is 1. The van der Waals surface area contributed by atoms with Gasteiger partial charge in [0.15, 0.2) is 0 Å². The highest BCUT2D eigenvalue weighted by Gasteiger charge is 1.98. The Kier molecular flexibility index (Phi) is 6.02. The molecule has 0 saturated carbocycles. The zero-order valence-corrected chi connectivity index (χ0v) is 11.6. The molecule has 0 spiro atoms. The molecule has 0 heterocycles. The van der Waals surface area contributed by atoms with E-state index in [1.165, 1.54) is 9.26 Å². The minimum atomic E-state index is 1.02. The van der Waals surface area contributed by atoms with E-state index in [0.717, 1.165) is 26.2 Å². The molecule has 0 aliphatic heterocycles. The fourth-order valence-electron chi connectivity index (χ4n) is 1.50. The van der Waals surface area contributed by atoms with Gasteiger partial charge in [0, 0.05) is 22.3 Å². The van der Waals surface area contributed by atoms with E-state index in [2.05, 4.69) is 70.9 Å². The molecule has 0 aliphatic rings. The molecule has 15 heavy (non-hydrogen) atoms. The normalized spacial score (nSPS) is 10.7. The summed E-state index contributed by atoms with van der Waals surface area (Å²) >= 11 is 2.33. The van der Waals surface area contributed by atoms with Gasteiger partial charge in [0.05, 0.1) is 0 Å². The van der Waals surface area contributed by atoms with Crippen molar-refractivity contribution in [2.24, 2.45) is 0 Å². The van der Waals surface area contributed by atoms with Crippen LogP contribution in [0.5, 0.6) is 0 Å². The number of nitrogens with one attached hydrogen (secondary N) is 1.